The van der Waals surface area contributed by atoms with E-state index in [4.69, 9.17) is 9.47 Å². The van der Waals surface area contributed by atoms with Gasteiger partial charge >= 0.3 is 11.9 Å². The number of hydrogen-bond donors (Lipinski definition) is 0. The number of carbonyl (C=O) groups is 2. The third kappa shape index (κ3) is 11.2. The number of esters is 2. The van der Waals surface area contributed by atoms with Crippen LogP contribution < -0.4 is 12.4 Å². The molecule has 0 bridgehead atoms. The first-order valence-electron chi connectivity index (χ1n) is 8.41. The van der Waals surface area contributed by atoms with Crippen molar-refractivity contribution in [1.29, 1.82) is 0 Å². The molecule has 0 spiro atoms. The molecule has 0 aliphatic heterocycles. The van der Waals surface area contributed by atoms with Gasteiger partial charge in [-0.25, -0.2) is 0 Å². The van der Waals surface area contributed by atoms with Gasteiger partial charge in [-0.05, 0) is 26.0 Å². The topological polar surface area (TPSA) is 52.6 Å². The third-order valence-corrected chi connectivity index (χ3v) is 3.67. The first-order chi connectivity index (χ1) is 11.0. The van der Waals surface area contributed by atoms with Gasteiger partial charge in [0.1, 0.15) is 0 Å². The maximum atomic E-state index is 11.5. The lowest BCUT2D eigenvalue weighted by Crippen LogP contribution is -3.00. The fourth-order valence-electron chi connectivity index (χ4n) is 2.68. The van der Waals surface area contributed by atoms with Crippen molar-refractivity contribution in [2.45, 2.75) is 39.5 Å². The largest absolute Gasteiger partial charge is 1.00 e. The molecule has 0 aromatic rings. The maximum absolute atomic E-state index is 11.5. The summed E-state index contributed by atoms with van der Waals surface area (Å²) < 4.78 is 10.7. The van der Waals surface area contributed by atoms with E-state index >= 15 is 0 Å². The molecule has 0 rings (SSSR count). The molecular formula is C18H32ClNO4. The fourth-order valence-corrected chi connectivity index (χ4v) is 2.68. The van der Waals surface area contributed by atoms with Crippen LogP contribution in [0.1, 0.15) is 39.5 Å². The van der Waals surface area contributed by atoms with Crippen LogP contribution >= 0.6 is 0 Å². The molecule has 0 atom stereocenters. The smallest absolute Gasteiger partial charge is 0.305 e. The summed E-state index contributed by atoms with van der Waals surface area (Å²) in [6.45, 7) is 15.4. The number of nitrogens with zero attached hydrogens (tertiary/aromatic N) is 1. The van der Waals surface area contributed by atoms with Crippen molar-refractivity contribution in [2.75, 3.05) is 39.4 Å². The zero-order chi connectivity index (χ0) is 17.6. The van der Waals surface area contributed by atoms with Crippen LogP contribution in [0.3, 0.4) is 0 Å². The Morgan fingerprint density at radius 2 is 1.25 bits per heavy atom. The van der Waals surface area contributed by atoms with Crippen molar-refractivity contribution >= 4 is 11.9 Å². The molecule has 0 fully saturated rings. The van der Waals surface area contributed by atoms with Gasteiger partial charge in [0.05, 0.1) is 52.2 Å². The van der Waals surface area contributed by atoms with Gasteiger partial charge in [-0.2, -0.15) is 0 Å². The monoisotopic (exact) mass is 361 g/mol. The quantitative estimate of drug-likeness (QED) is 0.246. The summed E-state index contributed by atoms with van der Waals surface area (Å²) >= 11 is 0. The number of hydrogen-bond acceptors (Lipinski definition) is 4. The summed E-state index contributed by atoms with van der Waals surface area (Å²) in [7, 11) is 0. The average molecular weight is 362 g/mol. The molecule has 0 saturated carbocycles. The number of ether oxygens (including phenoxy) is 2. The molecule has 0 radical (unpaired) electrons. The van der Waals surface area contributed by atoms with E-state index in [2.05, 4.69) is 13.2 Å². The van der Waals surface area contributed by atoms with Gasteiger partial charge < -0.3 is 26.4 Å². The molecule has 0 amide bonds. The molecule has 0 heterocycles. The highest BCUT2D eigenvalue weighted by molar-refractivity contribution is 5.69. The summed E-state index contributed by atoms with van der Waals surface area (Å²) in [5.41, 5.74) is 0. The van der Waals surface area contributed by atoms with Crippen LogP contribution in [0.5, 0.6) is 0 Å². The normalized spacial score (nSPS) is 10.4. The van der Waals surface area contributed by atoms with Crippen LogP contribution in [0.4, 0.5) is 0 Å². The Balaban J connectivity index is 0. The summed E-state index contributed by atoms with van der Waals surface area (Å²) in [5, 5.41) is 0. The minimum absolute atomic E-state index is 0. The Labute approximate surface area is 152 Å². The van der Waals surface area contributed by atoms with E-state index in [-0.39, 0.29) is 24.3 Å². The van der Waals surface area contributed by atoms with Crippen molar-refractivity contribution in [3.8, 4) is 0 Å². The van der Waals surface area contributed by atoms with E-state index in [1.165, 1.54) is 0 Å². The molecule has 0 aromatic heterocycles. The first-order valence-corrected chi connectivity index (χ1v) is 8.41. The van der Waals surface area contributed by atoms with Crippen LogP contribution in [0.25, 0.3) is 0 Å². The highest BCUT2D eigenvalue weighted by Crippen LogP contribution is 2.14. The highest BCUT2D eigenvalue weighted by atomic mass is 35.5. The maximum Gasteiger partial charge on any atom is 0.305 e. The van der Waals surface area contributed by atoms with E-state index < -0.39 is 0 Å². The molecule has 6 heteroatoms. The summed E-state index contributed by atoms with van der Waals surface area (Å²) in [5.74, 6) is -0.316. The predicted octanol–water partition coefficient (Wildman–Crippen LogP) is -0.134. The molecule has 24 heavy (non-hydrogen) atoms. The lowest BCUT2D eigenvalue weighted by molar-refractivity contribution is -0.917. The Morgan fingerprint density at radius 3 is 1.54 bits per heavy atom. The van der Waals surface area contributed by atoms with Gasteiger partial charge in [-0.3, -0.25) is 9.59 Å². The Bertz CT molecular complexity index is 349. The van der Waals surface area contributed by atoms with Crippen molar-refractivity contribution in [3.05, 3.63) is 25.3 Å². The lowest BCUT2D eigenvalue weighted by Gasteiger charge is -2.37. The number of halogens is 1. The van der Waals surface area contributed by atoms with Crippen molar-refractivity contribution < 1.29 is 36.0 Å². The molecular weight excluding hydrogens is 330 g/mol. The van der Waals surface area contributed by atoms with Gasteiger partial charge in [0.2, 0.25) is 0 Å². The predicted molar refractivity (Wildman–Crippen MR) is 91.9 cm³/mol. The van der Waals surface area contributed by atoms with Crippen LogP contribution in [-0.2, 0) is 19.1 Å². The fraction of sp³-hybridized carbons (Fsp3) is 0.667. The average Bonchev–Trinajstić information content (AvgIpc) is 2.48. The minimum atomic E-state index is -0.158. The third-order valence-electron chi connectivity index (χ3n) is 3.67. The second-order valence-electron chi connectivity index (χ2n) is 5.55. The van der Waals surface area contributed by atoms with Gasteiger partial charge in [0.25, 0.3) is 0 Å². The van der Waals surface area contributed by atoms with E-state index in [1.807, 2.05) is 26.0 Å². The van der Waals surface area contributed by atoms with Crippen LogP contribution in [-0.4, -0.2) is 55.8 Å². The molecule has 140 valence electrons. The number of quaternary nitrogens is 1. The second-order valence-corrected chi connectivity index (χ2v) is 5.55. The van der Waals surface area contributed by atoms with Crippen LogP contribution in [0.2, 0.25) is 0 Å². The molecule has 0 aromatic carbocycles. The van der Waals surface area contributed by atoms with Crippen molar-refractivity contribution in [2.24, 2.45) is 0 Å². The van der Waals surface area contributed by atoms with E-state index in [0.29, 0.717) is 26.1 Å². The van der Waals surface area contributed by atoms with Gasteiger partial charge in [0, 0.05) is 12.8 Å². The summed E-state index contributed by atoms with van der Waals surface area (Å²) in [4.78, 5) is 23.0. The van der Waals surface area contributed by atoms with Crippen molar-refractivity contribution in [1.82, 2.24) is 0 Å². The first kappa shape index (κ1) is 24.9. The zero-order valence-electron chi connectivity index (χ0n) is 15.1. The number of carbonyl (C=O) groups excluding carboxylic acids is 2. The molecule has 0 aliphatic carbocycles. The van der Waals surface area contributed by atoms with Crippen LogP contribution in [0.15, 0.2) is 25.3 Å². The lowest BCUT2D eigenvalue weighted by atomic mass is 10.2. The second kappa shape index (κ2) is 15.2. The molecule has 0 N–H and O–H groups in total. The standard InChI is InChI=1S/C18H32NO4.ClH/c1-5-13-19(14-6-2,15-9-11-17(20)22-7-3)16-10-12-18(21)23-8-4;/h5-6H,1-2,7-16H2,3-4H3;1H/q+1;/p-1. The van der Waals surface area contributed by atoms with E-state index in [1.54, 1.807) is 0 Å². The summed E-state index contributed by atoms with van der Waals surface area (Å²) in [6.07, 6.45) is 6.11. The van der Waals surface area contributed by atoms with Gasteiger partial charge in [0.15, 0.2) is 0 Å². The van der Waals surface area contributed by atoms with Crippen LogP contribution in [0, 0.1) is 0 Å². The van der Waals surface area contributed by atoms with Gasteiger partial charge in [-0.1, -0.05) is 13.2 Å². The van der Waals surface area contributed by atoms with E-state index in [0.717, 1.165) is 43.5 Å². The minimum Gasteiger partial charge on any atom is -1.00 e. The van der Waals surface area contributed by atoms with Gasteiger partial charge in [-0.15, -0.1) is 0 Å². The van der Waals surface area contributed by atoms with E-state index in [9.17, 15) is 9.59 Å². The Kier molecular flexibility index (Phi) is 15.8. The SMILES string of the molecule is C=CC[N+](CC=C)(CCCC(=O)OCC)CCCC(=O)OCC.[Cl-]. The molecule has 0 saturated heterocycles. The molecule has 5 nitrogen and oxygen atoms in total. The van der Waals surface area contributed by atoms with Crippen molar-refractivity contribution in [3.63, 3.8) is 0 Å². The number of rotatable bonds is 14. The summed E-state index contributed by atoms with van der Waals surface area (Å²) in [6, 6.07) is 0. The Morgan fingerprint density at radius 1 is 0.875 bits per heavy atom. The Hall–Kier alpha value is -1.33. The zero-order valence-corrected chi connectivity index (χ0v) is 15.9. The molecule has 0 aliphatic rings. The highest BCUT2D eigenvalue weighted by Gasteiger charge is 2.25. The molecule has 0 unspecified atom stereocenters.